The molecule has 0 amide bonds. The van der Waals surface area contributed by atoms with Crippen LogP contribution in [0.4, 0.5) is 0 Å². The summed E-state index contributed by atoms with van der Waals surface area (Å²) in [6.45, 7) is 0.358. The molecular formula is C16H10Br3N3O2. The van der Waals surface area contributed by atoms with Gasteiger partial charge < -0.3 is 9.84 Å². The molecule has 0 saturated heterocycles. The number of hydrogen-bond donors (Lipinski definition) is 1. The lowest BCUT2D eigenvalue weighted by Crippen LogP contribution is -2.01. The Morgan fingerprint density at radius 3 is 2.38 bits per heavy atom. The summed E-state index contributed by atoms with van der Waals surface area (Å²) in [5.74, 6) is 0.133. The molecule has 1 N–H and O–H groups in total. The largest absolute Gasteiger partial charge is 0.506 e. The average Bonchev–Trinajstić information content (AvgIpc) is 2.58. The van der Waals surface area contributed by atoms with Gasteiger partial charge in [0.15, 0.2) is 0 Å². The zero-order valence-corrected chi connectivity index (χ0v) is 16.8. The van der Waals surface area contributed by atoms with Crippen molar-refractivity contribution in [2.75, 3.05) is 0 Å². The molecule has 2 aromatic carbocycles. The highest BCUT2D eigenvalue weighted by molar-refractivity contribution is 9.11. The van der Waals surface area contributed by atoms with Gasteiger partial charge in [-0.25, -0.2) is 4.98 Å². The third-order valence-corrected chi connectivity index (χ3v) is 4.81. The fraction of sp³-hybridized carbons (Fsp3) is 0.0625. The summed E-state index contributed by atoms with van der Waals surface area (Å²) in [6, 6.07) is 11.5. The second-order valence-electron chi connectivity index (χ2n) is 4.83. The molecule has 24 heavy (non-hydrogen) atoms. The number of halogens is 3. The van der Waals surface area contributed by atoms with E-state index in [2.05, 4.69) is 63.0 Å². The summed E-state index contributed by atoms with van der Waals surface area (Å²) in [7, 11) is 0. The molecule has 0 aliphatic rings. The van der Waals surface area contributed by atoms with Gasteiger partial charge in [0.05, 0.1) is 15.1 Å². The van der Waals surface area contributed by atoms with Crippen molar-refractivity contribution in [3.05, 3.63) is 61.6 Å². The van der Waals surface area contributed by atoms with Gasteiger partial charge in [0, 0.05) is 10.0 Å². The van der Waals surface area contributed by atoms with Crippen LogP contribution in [0.2, 0.25) is 0 Å². The topological polar surface area (TPSA) is 68.1 Å². The van der Waals surface area contributed by atoms with Gasteiger partial charge in [0.1, 0.15) is 18.1 Å². The molecule has 3 rings (SSSR count). The summed E-state index contributed by atoms with van der Waals surface area (Å²) >= 11 is 9.99. The molecule has 0 fully saturated rings. The van der Waals surface area contributed by atoms with E-state index in [0.29, 0.717) is 21.2 Å². The van der Waals surface area contributed by atoms with E-state index in [4.69, 9.17) is 4.74 Å². The maximum Gasteiger partial charge on any atom is 0.336 e. The first kappa shape index (κ1) is 17.3. The lowest BCUT2D eigenvalue weighted by molar-refractivity contribution is 0.276. The minimum absolute atomic E-state index is 0.133. The van der Waals surface area contributed by atoms with Gasteiger partial charge in [-0.05, 0) is 61.7 Å². The lowest BCUT2D eigenvalue weighted by atomic mass is 10.1. The van der Waals surface area contributed by atoms with Crippen LogP contribution in [0.15, 0.2) is 56.0 Å². The van der Waals surface area contributed by atoms with E-state index >= 15 is 0 Å². The SMILES string of the molecule is Oc1c(Br)cc(-c2cnc(OCc3cccc(Br)c3)nn2)cc1Br. The minimum atomic E-state index is 0.133. The van der Waals surface area contributed by atoms with Crippen molar-refractivity contribution in [2.24, 2.45) is 0 Å². The molecule has 0 unspecified atom stereocenters. The Balaban J connectivity index is 1.74. The van der Waals surface area contributed by atoms with Gasteiger partial charge in [0.2, 0.25) is 0 Å². The van der Waals surface area contributed by atoms with E-state index in [9.17, 15) is 5.11 Å². The Labute approximate surface area is 163 Å². The fourth-order valence-electron chi connectivity index (χ4n) is 1.95. The van der Waals surface area contributed by atoms with E-state index in [1.54, 1.807) is 18.3 Å². The molecule has 5 nitrogen and oxygen atoms in total. The van der Waals surface area contributed by atoms with Crippen LogP contribution in [0.1, 0.15) is 5.56 Å². The maximum absolute atomic E-state index is 9.75. The zero-order valence-electron chi connectivity index (χ0n) is 12.1. The van der Waals surface area contributed by atoms with Gasteiger partial charge in [-0.1, -0.05) is 33.2 Å². The third-order valence-electron chi connectivity index (χ3n) is 3.11. The molecule has 122 valence electrons. The highest BCUT2D eigenvalue weighted by Crippen LogP contribution is 2.36. The molecule has 3 aromatic rings. The summed E-state index contributed by atoms with van der Waals surface area (Å²) in [5, 5.41) is 17.9. The van der Waals surface area contributed by atoms with Gasteiger partial charge in [0.25, 0.3) is 0 Å². The minimum Gasteiger partial charge on any atom is -0.506 e. The number of aromatic nitrogens is 3. The molecule has 0 aliphatic heterocycles. The van der Waals surface area contributed by atoms with Crippen LogP contribution in [0, 0.1) is 0 Å². The predicted octanol–water partition coefficient (Wildman–Crippen LogP) is 5.11. The summed E-state index contributed by atoms with van der Waals surface area (Å²) in [5.41, 5.74) is 2.35. The Hall–Kier alpha value is -1.51. The maximum atomic E-state index is 9.75. The molecule has 0 spiro atoms. The van der Waals surface area contributed by atoms with E-state index in [1.165, 1.54) is 0 Å². The lowest BCUT2D eigenvalue weighted by Gasteiger charge is -2.06. The van der Waals surface area contributed by atoms with Crippen LogP contribution in [0.25, 0.3) is 11.3 Å². The van der Waals surface area contributed by atoms with Crippen molar-refractivity contribution in [1.29, 1.82) is 0 Å². The van der Waals surface area contributed by atoms with Gasteiger partial charge in [-0.3, -0.25) is 0 Å². The molecule has 0 aliphatic carbocycles. The van der Waals surface area contributed by atoms with Crippen LogP contribution in [-0.4, -0.2) is 20.3 Å². The molecule has 0 atom stereocenters. The van der Waals surface area contributed by atoms with Crippen molar-refractivity contribution in [3.8, 4) is 23.0 Å². The normalized spacial score (nSPS) is 10.6. The first-order chi connectivity index (χ1) is 11.5. The number of nitrogens with zero attached hydrogens (tertiary/aromatic N) is 3. The van der Waals surface area contributed by atoms with E-state index in [-0.39, 0.29) is 11.8 Å². The van der Waals surface area contributed by atoms with Gasteiger partial charge >= 0.3 is 6.01 Å². The number of aromatic hydroxyl groups is 1. The number of hydrogen-bond acceptors (Lipinski definition) is 5. The molecular weight excluding hydrogens is 506 g/mol. The Bertz CT molecular complexity index is 850. The number of phenols is 1. The summed E-state index contributed by atoms with van der Waals surface area (Å²) in [6.07, 6.45) is 1.58. The molecule has 8 heteroatoms. The quantitative estimate of drug-likeness (QED) is 0.523. The molecule has 1 heterocycles. The molecule has 0 bridgehead atoms. The average molecular weight is 516 g/mol. The summed E-state index contributed by atoms with van der Waals surface area (Å²) < 4.78 is 7.65. The number of ether oxygens (including phenoxy) is 1. The number of benzene rings is 2. The number of rotatable bonds is 4. The predicted molar refractivity (Wildman–Crippen MR) is 101 cm³/mol. The van der Waals surface area contributed by atoms with E-state index in [1.807, 2.05) is 24.3 Å². The molecule has 0 radical (unpaired) electrons. The monoisotopic (exact) mass is 513 g/mol. The second kappa shape index (κ2) is 7.58. The first-order valence-electron chi connectivity index (χ1n) is 6.78. The van der Waals surface area contributed by atoms with Crippen molar-refractivity contribution in [3.63, 3.8) is 0 Å². The molecule has 0 saturated carbocycles. The van der Waals surface area contributed by atoms with Crippen molar-refractivity contribution in [1.82, 2.24) is 15.2 Å². The van der Waals surface area contributed by atoms with Crippen LogP contribution in [0.5, 0.6) is 11.8 Å². The third kappa shape index (κ3) is 4.12. The summed E-state index contributed by atoms with van der Waals surface area (Å²) in [4.78, 5) is 4.17. The van der Waals surface area contributed by atoms with Crippen LogP contribution >= 0.6 is 47.8 Å². The van der Waals surface area contributed by atoms with Crippen LogP contribution in [0.3, 0.4) is 0 Å². The van der Waals surface area contributed by atoms with Crippen molar-refractivity contribution in [2.45, 2.75) is 6.61 Å². The highest BCUT2D eigenvalue weighted by Gasteiger charge is 2.10. The fourth-order valence-corrected chi connectivity index (χ4v) is 3.58. The van der Waals surface area contributed by atoms with Gasteiger partial charge in [-0.15, -0.1) is 5.10 Å². The Kier molecular flexibility index (Phi) is 5.47. The van der Waals surface area contributed by atoms with Crippen molar-refractivity contribution >= 4 is 47.8 Å². The van der Waals surface area contributed by atoms with Crippen LogP contribution < -0.4 is 4.74 Å². The van der Waals surface area contributed by atoms with E-state index in [0.717, 1.165) is 15.6 Å². The standard InChI is InChI=1S/C16H10Br3N3O2/c17-11-3-1-2-9(4-11)8-24-16-20-7-14(21-22-16)10-5-12(18)15(23)13(19)6-10/h1-7,23H,8H2. The molecule has 1 aromatic heterocycles. The van der Waals surface area contributed by atoms with Crippen molar-refractivity contribution < 1.29 is 9.84 Å². The highest BCUT2D eigenvalue weighted by atomic mass is 79.9. The number of phenolic OH excluding ortho intramolecular Hbond substituents is 1. The first-order valence-corrected chi connectivity index (χ1v) is 9.16. The Morgan fingerprint density at radius 1 is 1.00 bits per heavy atom. The van der Waals surface area contributed by atoms with E-state index < -0.39 is 0 Å². The Morgan fingerprint density at radius 2 is 1.75 bits per heavy atom. The smallest absolute Gasteiger partial charge is 0.336 e. The zero-order chi connectivity index (χ0) is 17.1. The second-order valence-corrected chi connectivity index (χ2v) is 7.46. The van der Waals surface area contributed by atoms with Gasteiger partial charge in [-0.2, -0.15) is 0 Å². The van der Waals surface area contributed by atoms with Crippen LogP contribution in [-0.2, 0) is 6.61 Å².